The first-order valence-electron chi connectivity index (χ1n) is 9.64. The lowest BCUT2D eigenvalue weighted by Gasteiger charge is -2.44. The van der Waals surface area contributed by atoms with Gasteiger partial charge in [-0.25, -0.2) is 0 Å². The monoisotopic (exact) mass is 406 g/mol. The first-order chi connectivity index (χ1) is 13.1. The van der Waals surface area contributed by atoms with Gasteiger partial charge < -0.3 is 10.2 Å². The Balaban J connectivity index is 1.46. The Labute approximate surface area is 169 Å². The minimum absolute atomic E-state index is 0.113. The molecule has 0 spiro atoms. The normalized spacial score (nSPS) is 23.0. The molecule has 0 bridgehead atoms. The van der Waals surface area contributed by atoms with Crippen molar-refractivity contribution in [1.29, 1.82) is 0 Å². The molecule has 0 aliphatic carbocycles. The Morgan fingerprint density at radius 1 is 1.22 bits per heavy atom. The average molecular weight is 407 g/mol. The molecule has 0 radical (unpaired) electrons. The van der Waals surface area contributed by atoms with Crippen LogP contribution in [0.2, 0.25) is 10.0 Å². The number of nitrogens with zero attached hydrogens (tertiary/aromatic N) is 2. The maximum absolute atomic E-state index is 12.8. The van der Waals surface area contributed by atoms with E-state index in [1.54, 1.807) is 24.4 Å². The fourth-order valence-corrected chi connectivity index (χ4v) is 4.99. The minimum Gasteiger partial charge on any atom is -0.352 e. The smallest absolute Gasteiger partial charge is 0.255 e. The summed E-state index contributed by atoms with van der Waals surface area (Å²) in [5.41, 5.74) is 1.85. The van der Waals surface area contributed by atoms with Crippen LogP contribution >= 0.6 is 23.2 Å². The van der Waals surface area contributed by atoms with Gasteiger partial charge in [-0.2, -0.15) is 5.10 Å². The van der Waals surface area contributed by atoms with Gasteiger partial charge in [0.05, 0.1) is 22.5 Å². The first kappa shape index (κ1) is 18.8. The zero-order valence-electron chi connectivity index (χ0n) is 15.2. The maximum Gasteiger partial charge on any atom is 0.255 e. The number of aromatic amines is 1. The summed E-state index contributed by atoms with van der Waals surface area (Å²) in [5.74, 6) is 0.412. The number of H-pyrrole nitrogens is 1. The molecule has 2 atom stereocenters. The quantitative estimate of drug-likeness (QED) is 0.791. The number of fused-ring (bicyclic) bond motifs is 1. The summed E-state index contributed by atoms with van der Waals surface area (Å²) in [6, 6.07) is 5.84. The van der Waals surface area contributed by atoms with E-state index in [0.717, 1.165) is 5.56 Å². The van der Waals surface area contributed by atoms with Crippen LogP contribution in [-0.2, 0) is 0 Å². The van der Waals surface area contributed by atoms with Crippen molar-refractivity contribution < 1.29 is 4.79 Å². The number of carbonyl (C=O) groups is 1. The average Bonchev–Trinajstić information content (AvgIpc) is 3.15. The summed E-state index contributed by atoms with van der Waals surface area (Å²) in [7, 11) is 0. The third-order valence-electron chi connectivity index (χ3n) is 5.84. The van der Waals surface area contributed by atoms with Crippen LogP contribution in [0.5, 0.6) is 0 Å². The largest absolute Gasteiger partial charge is 0.352 e. The highest BCUT2D eigenvalue weighted by atomic mass is 35.5. The zero-order chi connectivity index (χ0) is 18.8. The lowest BCUT2D eigenvalue weighted by Crippen LogP contribution is -2.51. The van der Waals surface area contributed by atoms with Crippen LogP contribution < -0.4 is 5.32 Å². The van der Waals surface area contributed by atoms with Crippen LogP contribution in [0, 0.1) is 5.92 Å². The van der Waals surface area contributed by atoms with E-state index in [9.17, 15) is 4.79 Å². The second-order valence-electron chi connectivity index (χ2n) is 7.49. The van der Waals surface area contributed by atoms with Crippen molar-refractivity contribution in [1.82, 2.24) is 20.4 Å². The first-order valence-corrected chi connectivity index (χ1v) is 10.4. The van der Waals surface area contributed by atoms with Gasteiger partial charge in [-0.3, -0.25) is 9.89 Å². The Kier molecular flexibility index (Phi) is 5.71. The summed E-state index contributed by atoms with van der Waals surface area (Å²) < 4.78 is 0. The molecule has 1 aromatic heterocycles. The number of hydrogen-bond acceptors (Lipinski definition) is 3. The van der Waals surface area contributed by atoms with Crippen molar-refractivity contribution in [2.45, 2.75) is 38.1 Å². The van der Waals surface area contributed by atoms with Gasteiger partial charge in [-0.05, 0) is 62.9 Å². The molecule has 2 fully saturated rings. The van der Waals surface area contributed by atoms with Gasteiger partial charge in [0.15, 0.2) is 0 Å². The highest BCUT2D eigenvalue weighted by molar-refractivity contribution is 6.36. The predicted molar refractivity (Wildman–Crippen MR) is 108 cm³/mol. The molecule has 7 heteroatoms. The fourth-order valence-electron chi connectivity index (χ4n) is 4.49. The minimum atomic E-state index is -0.113. The summed E-state index contributed by atoms with van der Waals surface area (Å²) >= 11 is 12.3. The van der Waals surface area contributed by atoms with E-state index >= 15 is 0 Å². The Morgan fingerprint density at radius 3 is 2.93 bits per heavy atom. The van der Waals surface area contributed by atoms with Gasteiger partial charge >= 0.3 is 0 Å². The summed E-state index contributed by atoms with van der Waals surface area (Å²) in [4.78, 5) is 15.4. The molecule has 0 saturated carbocycles. The van der Waals surface area contributed by atoms with Gasteiger partial charge in [-0.1, -0.05) is 29.6 Å². The number of hydrogen-bond donors (Lipinski definition) is 2. The van der Waals surface area contributed by atoms with Crippen LogP contribution in [0.15, 0.2) is 24.4 Å². The number of amides is 1. The van der Waals surface area contributed by atoms with E-state index in [-0.39, 0.29) is 5.91 Å². The van der Waals surface area contributed by atoms with Gasteiger partial charge in [0, 0.05) is 23.2 Å². The molecular weight excluding hydrogens is 383 g/mol. The van der Waals surface area contributed by atoms with E-state index in [0.29, 0.717) is 39.8 Å². The van der Waals surface area contributed by atoms with Crippen molar-refractivity contribution in [3.05, 3.63) is 40.0 Å². The molecular formula is C20H24Cl2N4O. The number of aromatic nitrogens is 2. The Morgan fingerprint density at radius 2 is 2.07 bits per heavy atom. The van der Waals surface area contributed by atoms with Crippen molar-refractivity contribution in [3.8, 4) is 11.3 Å². The van der Waals surface area contributed by atoms with Crippen molar-refractivity contribution in [2.24, 2.45) is 5.92 Å². The van der Waals surface area contributed by atoms with E-state index in [1.807, 2.05) is 0 Å². The highest BCUT2D eigenvalue weighted by Crippen LogP contribution is 2.32. The molecule has 2 N–H and O–H groups in total. The lowest BCUT2D eigenvalue weighted by atomic mass is 9.83. The van der Waals surface area contributed by atoms with E-state index in [4.69, 9.17) is 23.2 Å². The van der Waals surface area contributed by atoms with Crippen LogP contribution in [0.4, 0.5) is 0 Å². The van der Waals surface area contributed by atoms with Gasteiger partial charge in [-0.15, -0.1) is 0 Å². The molecule has 1 amide bonds. The van der Waals surface area contributed by atoms with Crippen molar-refractivity contribution >= 4 is 29.1 Å². The summed E-state index contributed by atoms with van der Waals surface area (Å²) in [6.45, 7) is 3.12. The van der Waals surface area contributed by atoms with Gasteiger partial charge in [0.25, 0.3) is 5.91 Å². The molecule has 2 aliphatic rings. The number of benzene rings is 1. The van der Waals surface area contributed by atoms with Crippen LogP contribution in [0.3, 0.4) is 0 Å². The number of halogens is 2. The topological polar surface area (TPSA) is 61.0 Å². The highest BCUT2D eigenvalue weighted by Gasteiger charge is 2.33. The van der Waals surface area contributed by atoms with E-state index in [2.05, 4.69) is 20.4 Å². The number of rotatable bonds is 4. The molecule has 2 saturated heterocycles. The number of carbonyl (C=O) groups excluding carboxylic acids is 1. The third kappa shape index (κ3) is 4.00. The lowest BCUT2D eigenvalue weighted by molar-refractivity contribution is 0.0576. The third-order valence-corrected chi connectivity index (χ3v) is 6.39. The molecule has 2 aromatic rings. The molecule has 5 nitrogen and oxygen atoms in total. The number of nitrogens with one attached hydrogen (secondary N) is 2. The zero-order valence-corrected chi connectivity index (χ0v) is 16.7. The second-order valence-corrected chi connectivity index (χ2v) is 8.34. The van der Waals surface area contributed by atoms with Crippen LogP contribution in [0.25, 0.3) is 11.3 Å². The molecule has 4 rings (SSSR count). The molecule has 2 aliphatic heterocycles. The van der Waals surface area contributed by atoms with Crippen molar-refractivity contribution in [2.75, 3.05) is 19.6 Å². The predicted octanol–water partition coefficient (Wildman–Crippen LogP) is 4.38. The van der Waals surface area contributed by atoms with E-state index in [1.165, 1.54) is 45.2 Å². The van der Waals surface area contributed by atoms with E-state index < -0.39 is 0 Å². The Hall–Kier alpha value is -1.56. The molecule has 0 unspecified atom stereocenters. The summed E-state index contributed by atoms with van der Waals surface area (Å²) in [5, 5.41) is 11.1. The van der Waals surface area contributed by atoms with Crippen LogP contribution in [-0.4, -0.2) is 46.7 Å². The van der Waals surface area contributed by atoms with Crippen molar-refractivity contribution in [3.63, 3.8) is 0 Å². The second kappa shape index (κ2) is 8.21. The summed E-state index contributed by atoms with van der Waals surface area (Å²) in [6.07, 6.45) is 7.81. The van der Waals surface area contributed by atoms with Gasteiger partial charge in [0.1, 0.15) is 0 Å². The fraction of sp³-hybridized carbons (Fsp3) is 0.500. The maximum atomic E-state index is 12.8. The number of piperidine rings is 2. The molecule has 1 aromatic carbocycles. The van der Waals surface area contributed by atoms with Crippen LogP contribution in [0.1, 0.15) is 42.5 Å². The molecule has 27 heavy (non-hydrogen) atoms. The standard InChI is InChI=1S/C20H24Cl2N4O/c21-14-6-7-15(17(22)10-14)19-16(12-24-25-19)20(27)23-11-13-4-3-9-26-8-2-1-5-18(13)26/h6-7,10,12-13,18H,1-5,8-9,11H2,(H,23,27)(H,24,25)/t13-,18+/m0/s1. The molecule has 144 valence electrons. The van der Waals surface area contributed by atoms with Gasteiger partial charge in [0.2, 0.25) is 0 Å². The molecule has 3 heterocycles. The SMILES string of the molecule is O=C(NC[C@@H]1CCCN2CCCC[C@H]12)c1cn[nH]c1-c1ccc(Cl)cc1Cl. The Bertz CT molecular complexity index is 820.